The third kappa shape index (κ3) is 2.27. The number of hydrogen-bond donors (Lipinski definition) is 1. The molecule has 0 aromatic carbocycles. The summed E-state index contributed by atoms with van der Waals surface area (Å²) in [6.07, 6.45) is 4.94. The van der Waals surface area contributed by atoms with Gasteiger partial charge >= 0.3 is 0 Å². The van der Waals surface area contributed by atoms with Crippen LogP contribution in [0.25, 0.3) is 11.3 Å². The van der Waals surface area contributed by atoms with E-state index in [4.69, 9.17) is 0 Å². The average molecular weight is 341 g/mol. The molecular weight excluding hydrogens is 329 g/mol. The molecule has 0 radical (unpaired) electrons. The predicted octanol–water partition coefficient (Wildman–Crippen LogP) is 1.40. The van der Waals surface area contributed by atoms with Gasteiger partial charge in [0.25, 0.3) is 0 Å². The van der Waals surface area contributed by atoms with Crippen molar-refractivity contribution in [3.05, 3.63) is 34.3 Å². The maximum atomic E-state index is 4.55. The zero-order valence-corrected chi connectivity index (χ0v) is 11.3. The predicted molar refractivity (Wildman–Crippen MR) is 73.9 cm³/mol. The lowest BCUT2D eigenvalue weighted by atomic mass is 10.2. The van der Waals surface area contributed by atoms with Crippen molar-refractivity contribution in [2.75, 3.05) is 18.2 Å². The third-order valence-electron chi connectivity index (χ3n) is 2.69. The van der Waals surface area contributed by atoms with Gasteiger partial charge in [0.05, 0.1) is 18.4 Å². The zero-order valence-electron chi connectivity index (χ0n) is 9.17. The van der Waals surface area contributed by atoms with E-state index in [-0.39, 0.29) is 0 Å². The Balaban J connectivity index is 1.89. The van der Waals surface area contributed by atoms with Gasteiger partial charge in [0.2, 0.25) is 0 Å². The summed E-state index contributed by atoms with van der Waals surface area (Å²) in [4.78, 5) is 6.04. The fraction of sp³-hybridized carbons (Fsp3) is 0.273. The van der Waals surface area contributed by atoms with Crippen molar-refractivity contribution < 1.29 is 0 Å². The Hall–Kier alpha value is -1.15. The summed E-state index contributed by atoms with van der Waals surface area (Å²) in [7, 11) is 0. The number of nitrogens with one attached hydrogen (secondary N) is 1. The van der Waals surface area contributed by atoms with Crippen molar-refractivity contribution in [1.82, 2.24) is 20.3 Å². The zero-order chi connectivity index (χ0) is 11.7. The molecule has 0 unspecified atom stereocenters. The van der Waals surface area contributed by atoms with Gasteiger partial charge in [0.1, 0.15) is 3.70 Å². The van der Waals surface area contributed by atoms with E-state index in [0.29, 0.717) is 0 Å². The third-order valence-corrected chi connectivity index (χ3v) is 3.28. The van der Waals surface area contributed by atoms with Crippen LogP contribution in [0.1, 0.15) is 6.42 Å². The van der Waals surface area contributed by atoms with E-state index in [1.54, 1.807) is 0 Å². The van der Waals surface area contributed by atoms with Crippen LogP contribution in [0.3, 0.4) is 0 Å². The van der Waals surface area contributed by atoms with Gasteiger partial charge < -0.3 is 0 Å². The first kappa shape index (κ1) is 11.0. The molecule has 2 aromatic rings. The van der Waals surface area contributed by atoms with Gasteiger partial charge in [-0.2, -0.15) is 9.89 Å². The van der Waals surface area contributed by atoms with Gasteiger partial charge in [-0.15, -0.1) is 0 Å². The van der Waals surface area contributed by atoms with Crippen molar-refractivity contribution >= 4 is 22.6 Å². The Morgan fingerprint density at radius 3 is 3.06 bits per heavy atom. The van der Waals surface area contributed by atoms with E-state index in [0.717, 1.165) is 34.5 Å². The lowest BCUT2D eigenvalue weighted by Crippen LogP contribution is -2.40. The second-order valence-electron chi connectivity index (χ2n) is 3.87. The van der Waals surface area contributed by atoms with Gasteiger partial charge in [0, 0.05) is 18.3 Å². The molecule has 0 aliphatic carbocycles. The molecule has 6 heteroatoms. The molecule has 3 rings (SSSR count). The number of halogens is 1. The highest BCUT2D eigenvalue weighted by Gasteiger charge is 2.12. The minimum absolute atomic E-state index is 0.971. The Bertz CT molecular complexity index is 518. The molecule has 1 aliphatic rings. The quantitative estimate of drug-likeness (QED) is 0.663. The van der Waals surface area contributed by atoms with Crippen LogP contribution in [0, 0.1) is 3.70 Å². The summed E-state index contributed by atoms with van der Waals surface area (Å²) in [5.74, 6) is 0. The van der Waals surface area contributed by atoms with Gasteiger partial charge in [-0.25, -0.2) is 10.5 Å². The molecule has 1 aliphatic heterocycles. The molecule has 2 aromatic heterocycles. The number of pyridine rings is 1. The maximum Gasteiger partial charge on any atom is 0.102 e. The second kappa shape index (κ2) is 4.61. The molecule has 1 N–H and O–H groups in total. The lowest BCUT2D eigenvalue weighted by Gasteiger charge is -2.16. The van der Waals surface area contributed by atoms with Crippen LogP contribution in [0.4, 0.5) is 0 Å². The molecule has 17 heavy (non-hydrogen) atoms. The Labute approximate surface area is 113 Å². The molecular formula is C11H12IN5. The smallest absolute Gasteiger partial charge is 0.102 e. The number of rotatable bonds is 2. The normalized spacial score (nSPS) is 15.5. The van der Waals surface area contributed by atoms with Crippen LogP contribution in [-0.2, 0) is 0 Å². The molecule has 0 amide bonds. The molecule has 0 saturated carbocycles. The first-order valence-corrected chi connectivity index (χ1v) is 6.60. The maximum absolute atomic E-state index is 4.55. The summed E-state index contributed by atoms with van der Waals surface area (Å²) >= 11 is 2.21. The summed E-state index contributed by atoms with van der Waals surface area (Å²) in [6.45, 7) is 2.01. The van der Waals surface area contributed by atoms with Crippen molar-refractivity contribution in [3.63, 3.8) is 0 Å². The van der Waals surface area contributed by atoms with E-state index in [1.807, 2.05) is 40.5 Å². The molecule has 5 nitrogen and oxygen atoms in total. The van der Waals surface area contributed by atoms with Crippen molar-refractivity contribution in [3.8, 4) is 11.3 Å². The molecule has 88 valence electrons. The van der Waals surface area contributed by atoms with Crippen LogP contribution >= 0.6 is 22.6 Å². The Morgan fingerprint density at radius 2 is 2.29 bits per heavy atom. The fourth-order valence-corrected chi connectivity index (χ4v) is 2.35. The number of aromatic nitrogens is 3. The molecule has 1 fully saturated rings. The number of hydrazine groups is 1. The average Bonchev–Trinajstić information content (AvgIpc) is 3.00. The Morgan fingerprint density at radius 1 is 1.35 bits per heavy atom. The highest BCUT2D eigenvalue weighted by Crippen LogP contribution is 2.17. The lowest BCUT2D eigenvalue weighted by molar-refractivity contribution is 0.521. The van der Waals surface area contributed by atoms with Crippen LogP contribution in [-0.4, -0.2) is 28.0 Å². The fourth-order valence-electron chi connectivity index (χ4n) is 1.86. The molecule has 3 heterocycles. The van der Waals surface area contributed by atoms with E-state index < -0.39 is 0 Å². The summed E-state index contributed by atoms with van der Waals surface area (Å²) in [6, 6.07) is 6.03. The van der Waals surface area contributed by atoms with E-state index in [9.17, 15) is 0 Å². The summed E-state index contributed by atoms with van der Waals surface area (Å²) < 4.78 is 0.981. The summed E-state index contributed by atoms with van der Waals surface area (Å²) in [5, 5.41) is 6.58. The number of hydrogen-bond acceptors (Lipinski definition) is 4. The van der Waals surface area contributed by atoms with Crippen LogP contribution in [0.15, 0.2) is 30.6 Å². The highest BCUT2D eigenvalue weighted by molar-refractivity contribution is 14.1. The SMILES string of the molecule is Ic1cc(-c2ccn(N3CCCN3)n2)ccn1. The second-order valence-corrected chi connectivity index (χ2v) is 4.98. The Kier molecular flexibility index (Phi) is 2.98. The van der Waals surface area contributed by atoms with Crippen LogP contribution < -0.4 is 10.5 Å². The van der Waals surface area contributed by atoms with Gasteiger partial charge in [-0.1, -0.05) is 0 Å². The van der Waals surface area contributed by atoms with Gasteiger partial charge in [-0.3, -0.25) is 4.98 Å². The van der Waals surface area contributed by atoms with Crippen molar-refractivity contribution in [2.24, 2.45) is 0 Å². The standard InChI is InChI=1S/C11H12IN5/c12-11-8-9(2-5-13-11)10-3-7-17(15-10)16-6-1-4-14-16/h2-3,5,7-8,14H,1,4,6H2. The monoisotopic (exact) mass is 341 g/mol. The van der Waals surface area contributed by atoms with Crippen molar-refractivity contribution in [1.29, 1.82) is 0 Å². The first-order valence-electron chi connectivity index (χ1n) is 5.52. The minimum Gasteiger partial charge on any atom is -0.250 e. The van der Waals surface area contributed by atoms with E-state index >= 15 is 0 Å². The molecule has 0 bridgehead atoms. The summed E-state index contributed by atoms with van der Waals surface area (Å²) in [5.41, 5.74) is 5.34. The van der Waals surface area contributed by atoms with Crippen LogP contribution in [0.5, 0.6) is 0 Å². The first-order chi connectivity index (χ1) is 8.33. The molecule has 0 atom stereocenters. The highest BCUT2D eigenvalue weighted by atomic mass is 127. The number of nitrogens with zero attached hydrogens (tertiary/aromatic N) is 4. The van der Waals surface area contributed by atoms with Gasteiger partial charge in [-0.05, 0) is 47.2 Å². The molecule has 1 saturated heterocycles. The minimum atomic E-state index is 0.971. The topological polar surface area (TPSA) is 46.0 Å². The molecule has 0 spiro atoms. The van der Waals surface area contributed by atoms with E-state index in [2.05, 4.69) is 38.1 Å². The van der Waals surface area contributed by atoms with Gasteiger partial charge in [0.15, 0.2) is 0 Å². The van der Waals surface area contributed by atoms with E-state index in [1.165, 1.54) is 0 Å². The largest absolute Gasteiger partial charge is 0.250 e. The van der Waals surface area contributed by atoms with Crippen molar-refractivity contribution in [2.45, 2.75) is 6.42 Å². The van der Waals surface area contributed by atoms with Crippen LogP contribution in [0.2, 0.25) is 0 Å².